The molecule has 0 saturated carbocycles. The zero-order valence-corrected chi connectivity index (χ0v) is 11.3. The highest BCUT2D eigenvalue weighted by molar-refractivity contribution is 14.1. The lowest BCUT2D eigenvalue weighted by atomic mass is 10.1. The summed E-state index contributed by atoms with van der Waals surface area (Å²) in [4.78, 5) is 13.4. The highest BCUT2D eigenvalue weighted by Gasteiger charge is 2.29. The second-order valence-corrected chi connectivity index (χ2v) is 5.24. The maximum atomic E-state index is 11.7. The molecule has 1 atom stereocenters. The minimum absolute atomic E-state index is 0.0190. The Balaban J connectivity index is 2.29. The molecule has 2 nitrogen and oxygen atoms in total. The molecule has 2 rings (SSSR count). The second kappa shape index (κ2) is 4.64. The predicted molar refractivity (Wildman–Crippen MR) is 73.5 cm³/mol. The van der Waals surface area contributed by atoms with Crippen molar-refractivity contribution in [3.63, 3.8) is 0 Å². The van der Waals surface area contributed by atoms with Crippen molar-refractivity contribution >= 4 is 45.8 Å². The van der Waals surface area contributed by atoms with Gasteiger partial charge in [-0.05, 0) is 40.8 Å². The molecule has 1 amide bonds. The molecule has 82 valence electrons. The lowest BCUT2D eigenvalue weighted by molar-refractivity contribution is -0.117. The summed E-state index contributed by atoms with van der Waals surface area (Å²) in [5.41, 5.74) is 0.827. The number of benzene rings is 1. The summed E-state index contributed by atoms with van der Waals surface area (Å²) in [6.45, 7) is 0.590. The molecule has 0 N–H and O–H groups in total. The summed E-state index contributed by atoms with van der Waals surface area (Å²) in [5.74, 6) is 2.71. The van der Waals surface area contributed by atoms with Gasteiger partial charge in [0.15, 0.2) is 0 Å². The van der Waals surface area contributed by atoms with Gasteiger partial charge in [-0.2, -0.15) is 0 Å². The lowest BCUT2D eigenvalue weighted by Crippen LogP contribution is -2.24. The number of carbonyl (C=O) groups is 1. The van der Waals surface area contributed by atoms with E-state index in [1.165, 1.54) is 0 Å². The summed E-state index contributed by atoms with van der Waals surface area (Å²) < 4.78 is 0.975. The number of nitrogens with zero attached hydrogens (tertiary/aromatic N) is 1. The van der Waals surface area contributed by atoms with Gasteiger partial charge in [-0.25, -0.2) is 0 Å². The molecule has 1 saturated heterocycles. The van der Waals surface area contributed by atoms with E-state index in [0.29, 0.717) is 18.0 Å². The monoisotopic (exact) mass is 345 g/mol. The summed E-state index contributed by atoms with van der Waals surface area (Å²) in [5, 5.41) is 0.662. The Labute approximate surface area is 113 Å². The molecular weight excluding hydrogens is 336 g/mol. The van der Waals surface area contributed by atoms with Crippen LogP contribution in [0.1, 0.15) is 6.42 Å². The van der Waals surface area contributed by atoms with Gasteiger partial charge in [-0.1, -0.05) is 11.6 Å². The molecular formula is C12H9ClINO. The number of halogens is 2. The van der Waals surface area contributed by atoms with Crippen LogP contribution in [0.25, 0.3) is 0 Å². The van der Waals surface area contributed by atoms with E-state index in [9.17, 15) is 4.79 Å². The largest absolute Gasteiger partial charge is 0.311 e. The van der Waals surface area contributed by atoms with Crippen LogP contribution in [0.2, 0.25) is 5.02 Å². The van der Waals surface area contributed by atoms with Crippen molar-refractivity contribution < 1.29 is 4.79 Å². The third-order valence-electron chi connectivity index (χ3n) is 2.58. The highest BCUT2D eigenvalue weighted by atomic mass is 127. The van der Waals surface area contributed by atoms with Crippen molar-refractivity contribution in [2.24, 2.45) is 5.92 Å². The van der Waals surface area contributed by atoms with Gasteiger partial charge in [0.2, 0.25) is 5.91 Å². The van der Waals surface area contributed by atoms with Gasteiger partial charge in [-0.15, -0.1) is 12.3 Å². The van der Waals surface area contributed by atoms with Crippen molar-refractivity contribution in [1.29, 1.82) is 0 Å². The van der Waals surface area contributed by atoms with Gasteiger partial charge in [0.05, 0.1) is 5.02 Å². The Morgan fingerprint density at radius 1 is 1.56 bits per heavy atom. The number of hydrogen-bond acceptors (Lipinski definition) is 1. The lowest BCUT2D eigenvalue weighted by Gasteiger charge is -2.16. The van der Waals surface area contributed by atoms with Gasteiger partial charge in [0, 0.05) is 28.1 Å². The fourth-order valence-electron chi connectivity index (χ4n) is 1.72. The molecule has 4 heteroatoms. The van der Waals surface area contributed by atoms with E-state index in [-0.39, 0.29) is 11.8 Å². The quantitative estimate of drug-likeness (QED) is 0.566. The number of anilines is 1. The Kier molecular flexibility index (Phi) is 3.41. The Morgan fingerprint density at radius 3 is 2.88 bits per heavy atom. The van der Waals surface area contributed by atoms with Crippen molar-refractivity contribution in [1.82, 2.24) is 0 Å². The smallest absolute Gasteiger partial charge is 0.228 e. The molecule has 1 aliphatic rings. The molecule has 16 heavy (non-hydrogen) atoms. The van der Waals surface area contributed by atoms with Gasteiger partial charge < -0.3 is 4.90 Å². The third kappa shape index (κ3) is 2.18. The molecule has 0 spiro atoms. The van der Waals surface area contributed by atoms with Crippen molar-refractivity contribution in [3.8, 4) is 12.3 Å². The van der Waals surface area contributed by atoms with E-state index in [1.54, 1.807) is 11.0 Å². The van der Waals surface area contributed by atoms with Crippen molar-refractivity contribution in [2.75, 3.05) is 11.4 Å². The first-order valence-corrected chi connectivity index (χ1v) is 6.29. The van der Waals surface area contributed by atoms with Crippen LogP contribution in [0.3, 0.4) is 0 Å². The third-order valence-corrected chi connectivity index (χ3v) is 4.15. The van der Waals surface area contributed by atoms with E-state index >= 15 is 0 Å². The minimum atomic E-state index is 0.0190. The van der Waals surface area contributed by atoms with E-state index in [0.717, 1.165) is 9.26 Å². The first-order valence-electron chi connectivity index (χ1n) is 4.83. The zero-order valence-electron chi connectivity index (χ0n) is 8.41. The van der Waals surface area contributed by atoms with Gasteiger partial charge in [0.25, 0.3) is 0 Å². The van der Waals surface area contributed by atoms with Crippen LogP contribution in [-0.2, 0) is 4.79 Å². The Hall–Kier alpha value is -0.730. The first-order chi connectivity index (χ1) is 7.61. The molecule has 1 fully saturated rings. The van der Waals surface area contributed by atoms with E-state index < -0.39 is 0 Å². The highest BCUT2D eigenvalue weighted by Crippen LogP contribution is 2.29. The van der Waals surface area contributed by atoms with Crippen LogP contribution in [0, 0.1) is 21.8 Å². The number of terminal acetylenes is 1. The molecule has 0 aliphatic carbocycles. The molecule has 1 heterocycles. The SMILES string of the molecule is C#CC1CC(=O)N(c2ccc(I)c(Cl)c2)C1. The average molecular weight is 346 g/mol. The molecule has 0 bridgehead atoms. The number of hydrogen-bond donors (Lipinski definition) is 0. The first kappa shape index (κ1) is 11.7. The van der Waals surface area contributed by atoms with Crippen LogP contribution < -0.4 is 4.90 Å². The van der Waals surface area contributed by atoms with E-state index in [4.69, 9.17) is 18.0 Å². The maximum absolute atomic E-state index is 11.7. The number of amides is 1. The second-order valence-electron chi connectivity index (χ2n) is 3.67. The van der Waals surface area contributed by atoms with Crippen molar-refractivity contribution in [2.45, 2.75) is 6.42 Å². The van der Waals surface area contributed by atoms with E-state index in [1.807, 2.05) is 12.1 Å². The van der Waals surface area contributed by atoms with Crippen molar-refractivity contribution in [3.05, 3.63) is 26.8 Å². The molecule has 0 radical (unpaired) electrons. The Morgan fingerprint density at radius 2 is 2.31 bits per heavy atom. The minimum Gasteiger partial charge on any atom is -0.311 e. The number of carbonyl (C=O) groups excluding carboxylic acids is 1. The van der Waals surface area contributed by atoms with Crippen LogP contribution >= 0.6 is 34.2 Å². The summed E-state index contributed by atoms with van der Waals surface area (Å²) in [6.07, 6.45) is 5.76. The maximum Gasteiger partial charge on any atom is 0.228 e. The van der Waals surface area contributed by atoms with Gasteiger partial charge in [0.1, 0.15) is 0 Å². The number of rotatable bonds is 1. The summed E-state index contributed by atoms with van der Waals surface area (Å²) in [6, 6.07) is 5.60. The zero-order chi connectivity index (χ0) is 11.7. The standard InChI is InChI=1S/C12H9ClINO/c1-2-8-5-12(16)15(7-8)9-3-4-11(14)10(13)6-9/h1,3-4,6,8H,5,7H2. The molecule has 1 aromatic rings. The fourth-order valence-corrected chi connectivity index (χ4v) is 2.23. The van der Waals surface area contributed by atoms with Crippen LogP contribution in [0.15, 0.2) is 18.2 Å². The molecule has 1 unspecified atom stereocenters. The average Bonchev–Trinajstić information content (AvgIpc) is 2.64. The predicted octanol–water partition coefficient (Wildman–Crippen LogP) is 2.93. The van der Waals surface area contributed by atoms with Crippen LogP contribution in [0.4, 0.5) is 5.69 Å². The van der Waals surface area contributed by atoms with Gasteiger partial charge in [-0.3, -0.25) is 4.79 Å². The van der Waals surface area contributed by atoms with Crippen LogP contribution in [-0.4, -0.2) is 12.5 Å². The summed E-state index contributed by atoms with van der Waals surface area (Å²) in [7, 11) is 0. The fraction of sp³-hybridized carbons (Fsp3) is 0.250. The normalized spacial score (nSPS) is 19.9. The summed E-state index contributed by atoms with van der Waals surface area (Å²) >= 11 is 8.18. The van der Waals surface area contributed by atoms with E-state index in [2.05, 4.69) is 28.5 Å². The Bertz CT molecular complexity index is 480. The van der Waals surface area contributed by atoms with Gasteiger partial charge >= 0.3 is 0 Å². The molecule has 0 aromatic heterocycles. The van der Waals surface area contributed by atoms with Crippen LogP contribution in [0.5, 0.6) is 0 Å². The molecule has 1 aliphatic heterocycles. The topological polar surface area (TPSA) is 20.3 Å². The molecule has 1 aromatic carbocycles.